The Hall–Kier alpha value is -3.44. The van der Waals surface area contributed by atoms with E-state index in [-0.39, 0.29) is 17.0 Å². The Balaban J connectivity index is 1.46. The number of hydrogen-bond acceptors (Lipinski definition) is 8. The van der Waals surface area contributed by atoms with E-state index in [2.05, 4.69) is 20.6 Å². The number of anilines is 1. The molecule has 11 heteroatoms. The molecule has 9 nitrogen and oxygen atoms in total. The van der Waals surface area contributed by atoms with Gasteiger partial charge in [-0.2, -0.15) is 0 Å². The first-order valence-corrected chi connectivity index (χ1v) is 14.7. The molecule has 0 bridgehead atoms. The number of alkyl carbamates (subject to hydrolysis) is 1. The van der Waals surface area contributed by atoms with Crippen molar-refractivity contribution in [2.45, 2.75) is 70.0 Å². The van der Waals surface area contributed by atoms with E-state index in [4.69, 9.17) is 4.74 Å². The molecule has 1 amide bonds. The number of nitrogens with one attached hydrogen (secondary N) is 2. The molecular weight excluding hydrogens is 522 g/mol. The highest BCUT2D eigenvalue weighted by Crippen LogP contribution is 2.38. The molecule has 0 saturated heterocycles. The summed E-state index contributed by atoms with van der Waals surface area (Å²) >= 11 is 1.51. The maximum absolute atomic E-state index is 13.5. The average molecular weight is 554 g/mol. The highest BCUT2D eigenvalue weighted by molar-refractivity contribution is 7.90. The largest absolute Gasteiger partial charge is 0.444 e. The summed E-state index contributed by atoms with van der Waals surface area (Å²) in [5.41, 5.74) is 3.26. The number of pyridine rings is 1. The van der Waals surface area contributed by atoms with Crippen molar-refractivity contribution in [3.05, 3.63) is 59.4 Å². The van der Waals surface area contributed by atoms with Gasteiger partial charge in [-0.1, -0.05) is 17.7 Å². The van der Waals surface area contributed by atoms with Crippen LogP contribution in [0.4, 0.5) is 10.5 Å². The number of carbonyl (C=O) groups is 1. The first-order valence-electron chi connectivity index (χ1n) is 12.4. The summed E-state index contributed by atoms with van der Waals surface area (Å²) in [5, 5.41) is 9.97. The Kier molecular flexibility index (Phi) is 6.68. The van der Waals surface area contributed by atoms with Crippen molar-refractivity contribution in [3.63, 3.8) is 0 Å². The van der Waals surface area contributed by atoms with Gasteiger partial charge in [-0.3, -0.25) is 0 Å². The number of amides is 1. The summed E-state index contributed by atoms with van der Waals surface area (Å²) in [6.45, 7) is 9.34. The van der Waals surface area contributed by atoms with Crippen LogP contribution in [-0.2, 0) is 14.8 Å². The highest BCUT2D eigenvalue weighted by atomic mass is 32.2. The molecule has 0 radical (unpaired) electrons. The van der Waals surface area contributed by atoms with Crippen LogP contribution >= 0.6 is 11.3 Å². The standard InChI is InChI=1S/C27H31N5O4S2/c1-16-6-8-20(9-7-16)38(34,35)32-11-10-21-23(22(14-28-24(21)32)25-29-17(2)15-37-25)30-18-12-19(13-18)31-26(33)36-27(3,4)5/h6-11,14-15,18-19H,12-13H2,1-5H3,(H,28,30)(H,31,33). The monoisotopic (exact) mass is 553 g/mol. The van der Waals surface area contributed by atoms with Crippen LogP contribution in [-0.4, -0.2) is 46.1 Å². The summed E-state index contributed by atoms with van der Waals surface area (Å²) in [4.78, 5) is 21.6. The Morgan fingerprint density at radius 2 is 1.82 bits per heavy atom. The Morgan fingerprint density at radius 1 is 1.11 bits per heavy atom. The number of nitrogens with zero attached hydrogens (tertiary/aromatic N) is 3. The second-order valence-electron chi connectivity index (χ2n) is 10.7. The van der Waals surface area contributed by atoms with Crippen LogP contribution in [0, 0.1) is 13.8 Å². The summed E-state index contributed by atoms with van der Waals surface area (Å²) in [6.07, 6.45) is 4.22. The summed E-state index contributed by atoms with van der Waals surface area (Å²) < 4.78 is 33.5. The average Bonchev–Trinajstić information content (AvgIpc) is 3.43. The number of hydrogen-bond donors (Lipinski definition) is 2. The molecule has 200 valence electrons. The Bertz CT molecular complexity index is 1590. The number of fused-ring (bicyclic) bond motifs is 1. The second-order valence-corrected chi connectivity index (χ2v) is 13.3. The van der Waals surface area contributed by atoms with Crippen LogP contribution in [0.2, 0.25) is 0 Å². The van der Waals surface area contributed by atoms with E-state index in [0.29, 0.717) is 23.9 Å². The van der Waals surface area contributed by atoms with Gasteiger partial charge >= 0.3 is 6.09 Å². The number of aryl methyl sites for hydroxylation is 2. The fraction of sp³-hybridized carbons (Fsp3) is 0.370. The van der Waals surface area contributed by atoms with Crippen molar-refractivity contribution < 1.29 is 17.9 Å². The molecule has 4 aromatic rings. The third kappa shape index (κ3) is 5.25. The normalized spacial score (nSPS) is 17.7. The van der Waals surface area contributed by atoms with Crippen LogP contribution in [0.5, 0.6) is 0 Å². The molecule has 0 atom stereocenters. The predicted molar refractivity (Wildman–Crippen MR) is 149 cm³/mol. The van der Waals surface area contributed by atoms with Crippen molar-refractivity contribution in [1.29, 1.82) is 0 Å². The molecule has 0 spiro atoms. The van der Waals surface area contributed by atoms with Gasteiger partial charge in [0.2, 0.25) is 0 Å². The molecule has 38 heavy (non-hydrogen) atoms. The lowest BCUT2D eigenvalue weighted by Gasteiger charge is -2.37. The van der Waals surface area contributed by atoms with Crippen LogP contribution in [0.15, 0.2) is 53.0 Å². The topological polar surface area (TPSA) is 115 Å². The maximum Gasteiger partial charge on any atom is 0.407 e. The second kappa shape index (κ2) is 9.70. The van der Waals surface area contributed by atoms with E-state index >= 15 is 0 Å². The maximum atomic E-state index is 13.5. The van der Waals surface area contributed by atoms with Gasteiger partial charge in [-0.15, -0.1) is 11.3 Å². The fourth-order valence-electron chi connectivity index (χ4n) is 4.41. The van der Waals surface area contributed by atoms with E-state index < -0.39 is 21.7 Å². The summed E-state index contributed by atoms with van der Waals surface area (Å²) in [5.74, 6) is 0. The van der Waals surface area contributed by atoms with Crippen molar-refractivity contribution >= 4 is 44.2 Å². The zero-order valence-corrected chi connectivity index (χ0v) is 23.6. The summed E-state index contributed by atoms with van der Waals surface area (Å²) in [6, 6.07) is 8.62. The van der Waals surface area contributed by atoms with Crippen molar-refractivity contribution in [2.75, 3.05) is 5.32 Å². The smallest absolute Gasteiger partial charge is 0.407 e. The summed E-state index contributed by atoms with van der Waals surface area (Å²) in [7, 11) is -3.83. The molecule has 3 aromatic heterocycles. The first kappa shape index (κ1) is 26.2. The van der Waals surface area contributed by atoms with E-state index in [1.807, 2.05) is 40.0 Å². The van der Waals surface area contributed by atoms with Gasteiger partial charge in [0.1, 0.15) is 10.6 Å². The molecule has 1 fully saturated rings. The van der Waals surface area contributed by atoms with Crippen molar-refractivity contribution in [3.8, 4) is 10.6 Å². The molecule has 2 N–H and O–H groups in total. The van der Waals surface area contributed by atoms with Gasteiger partial charge in [0.25, 0.3) is 10.0 Å². The number of benzene rings is 1. The quantitative estimate of drug-likeness (QED) is 0.325. The van der Waals surface area contributed by atoms with Gasteiger partial charge in [0.15, 0.2) is 5.65 Å². The lowest BCUT2D eigenvalue weighted by molar-refractivity contribution is 0.0475. The van der Waals surface area contributed by atoms with Crippen molar-refractivity contribution in [1.82, 2.24) is 19.3 Å². The lowest BCUT2D eigenvalue weighted by Crippen LogP contribution is -2.50. The minimum Gasteiger partial charge on any atom is -0.444 e. The first-order chi connectivity index (χ1) is 17.9. The lowest BCUT2D eigenvalue weighted by atomic mass is 9.86. The van der Waals surface area contributed by atoms with E-state index in [1.54, 1.807) is 42.7 Å². The van der Waals surface area contributed by atoms with E-state index in [9.17, 15) is 13.2 Å². The zero-order chi connectivity index (χ0) is 27.2. The number of carbonyl (C=O) groups excluding carboxylic acids is 1. The zero-order valence-electron chi connectivity index (χ0n) is 22.0. The fourth-order valence-corrected chi connectivity index (χ4v) is 6.52. The van der Waals surface area contributed by atoms with Gasteiger partial charge in [-0.05, 0) is 65.7 Å². The van der Waals surface area contributed by atoms with Crippen molar-refractivity contribution in [2.24, 2.45) is 0 Å². The molecule has 5 rings (SSSR count). The molecule has 0 unspecified atom stereocenters. The molecule has 1 saturated carbocycles. The van der Waals surface area contributed by atoms with E-state index in [1.165, 1.54) is 15.3 Å². The van der Waals surface area contributed by atoms with Crippen LogP contribution < -0.4 is 10.6 Å². The minimum absolute atomic E-state index is 0.00301. The number of ether oxygens (including phenoxy) is 1. The number of aromatic nitrogens is 3. The predicted octanol–water partition coefficient (Wildman–Crippen LogP) is 5.48. The van der Waals surface area contributed by atoms with Gasteiger partial charge in [0, 0.05) is 40.9 Å². The molecular formula is C27H31N5O4S2. The number of rotatable bonds is 6. The third-order valence-electron chi connectivity index (χ3n) is 6.32. The van der Waals surface area contributed by atoms with Crippen LogP contribution in [0.1, 0.15) is 44.9 Å². The van der Waals surface area contributed by atoms with E-state index in [0.717, 1.165) is 27.5 Å². The SMILES string of the molecule is Cc1ccc(S(=O)(=O)n2ccc3c(NC4CC(NC(=O)OC(C)(C)C)C4)c(-c4nc(C)cs4)cnc32)cc1. The number of thiazole rings is 1. The van der Waals surface area contributed by atoms with Crippen LogP contribution in [0.25, 0.3) is 21.6 Å². The Labute approximate surface area is 226 Å². The Morgan fingerprint density at radius 3 is 2.45 bits per heavy atom. The van der Waals surface area contributed by atoms with Crippen LogP contribution in [0.3, 0.4) is 0 Å². The van der Waals surface area contributed by atoms with Gasteiger partial charge in [-0.25, -0.2) is 27.2 Å². The molecule has 3 heterocycles. The molecule has 1 aliphatic rings. The third-order valence-corrected chi connectivity index (χ3v) is 8.99. The van der Waals surface area contributed by atoms with Gasteiger partial charge in [0.05, 0.1) is 16.1 Å². The molecule has 1 aromatic carbocycles. The minimum atomic E-state index is -3.83. The molecule has 1 aliphatic carbocycles. The highest BCUT2D eigenvalue weighted by Gasteiger charge is 2.33. The molecule has 0 aliphatic heterocycles. The van der Waals surface area contributed by atoms with Gasteiger partial charge < -0.3 is 15.4 Å².